The third-order valence-electron chi connectivity index (χ3n) is 6.45. The fourth-order valence-corrected chi connectivity index (χ4v) is 4.37. The zero-order chi connectivity index (χ0) is 29.5. The summed E-state index contributed by atoms with van der Waals surface area (Å²) in [6, 6.07) is 28.9. The fraction of sp³-hybridized carbons (Fsp3) is 0.121. The number of carbonyl (C=O) groups is 2. The molecule has 0 aliphatic carbocycles. The number of carbonyl (C=O) groups excluding carboxylic acids is 1. The molecule has 2 aromatic heterocycles. The van der Waals surface area contributed by atoms with Crippen molar-refractivity contribution in [3.8, 4) is 17.2 Å². The van der Waals surface area contributed by atoms with E-state index in [0.717, 1.165) is 22.6 Å². The predicted octanol–water partition coefficient (Wildman–Crippen LogP) is 6.31. The number of hydrogen-bond acceptors (Lipinski definition) is 6. The molecule has 0 bridgehead atoms. The minimum absolute atomic E-state index is 0.111. The van der Waals surface area contributed by atoms with E-state index in [4.69, 9.17) is 19.0 Å². The Labute approximate surface area is 242 Å². The van der Waals surface area contributed by atoms with Crippen molar-refractivity contribution in [2.24, 2.45) is 5.10 Å². The first kappa shape index (κ1) is 28.0. The highest BCUT2D eigenvalue weighted by Crippen LogP contribution is 2.21. The molecule has 42 heavy (non-hydrogen) atoms. The van der Waals surface area contributed by atoms with E-state index in [1.54, 1.807) is 48.5 Å². The van der Waals surface area contributed by atoms with Gasteiger partial charge in [0.1, 0.15) is 30.5 Å². The van der Waals surface area contributed by atoms with E-state index < -0.39 is 11.9 Å². The molecule has 0 unspecified atom stereocenters. The highest BCUT2D eigenvalue weighted by atomic mass is 16.5. The van der Waals surface area contributed by atoms with Crippen molar-refractivity contribution in [3.63, 3.8) is 0 Å². The Kier molecular flexibility index (Phi) is 8.48. The van der Waals surface area contributed by atoms with Gasteiger partial charge in [-0.3, -0.25) is 4.79 Å². The average molecular weight is 564 g/mol. The molecule has 9 nitrogen and oxygen atoms in total. The van der Waals surface area contributed by atoms with Gasteiger partial charge in [0.05, 0.1) is 11.8 Å². The highest BCUT2D eigenvalue weighted by Gasteiger charge is 2.11. The van der Waals surface area contributed by atoms with E-state index in [9.17, 15) is 9.59 Å². The van der Waals surface area contributed by atoms with Crippen LogP contribution in [0.1, 0.15) is 49.2 Å². The maximum Gasteiger partial charge on any atom is 0.335 e. The zero-order valence-corrected chi connectivity index (χ0v) is 23.1. The summed E-state index contributed by atoms with van der Waals surface area (Å²) >= 11 is 0. The van der Waals surface area contributed by atoms with E-state index >= 15 is 0 Å². The summed E-state index contributed by atoms with van der Waals surface area (Å²) in [7, 11) is 0. The van der Waals surface area contributed by atoms with Crippen molar-refractivity contribution in [1.29, 1.82) is 0 Å². The number of carboxylic acid groups (broad SMARTS) is 1. The number of furan rings is 1. The Balaban J connectivity index is 1.11. The molecule has 0 radical (unpaired) electrons. The van der Waals surface area contributed by atoms with Crippen LogP contribution in [0.4, 0.5) is 0 Å². The number of hydrazone groups is 1. The molecule has 0 fully saturated rings. The maximum absolute atomic E-state index is 12.5. The quantitative estimate of drug-likeness (QED) is 0.144. The van der Waals surface area contributed by atoms with Gasteiger partial charge in [0, 0.05) is 17.1 Å². The van der Waals surface area contributed by atoms with E-state index in [-0.39, 0.29) is 24.5 Å². The molecule has 9 heteroatoms. The lowest BCUT2D eigenvalue weighted by Gasteiger charge is -2.10. The van der Waals surface area contributed by atoms with Crippen LogP contribution >= 0.6 is 0 Å². The first-order valence-corrected chi connectivity index (χ1v) is 13.2. The van der Waals surface area contributed by atoms with Crippen molar-refractivity contribution in [2.75, 3.05) is 0 Å². The number of amides is 1. The second-order valence-electron chi connectivity index (χ2n) is 9.57. The molecule has 3 aromatic carbocycles. The molecule has 2 N–H and O–H groups in total. The number of nitrogens with zero attached hydrogens (tertiary/aromatic N) is 2. The molecule has 0 aliphatic heterocycles. The number of rotatable bonds is 11. The van der Waals surface area contributed by atoms with Gasteiger partial charge in [0.25, 0.3) is 0 Å². The summed E-state index contributed by atoms with van der Waals surface area (Å²) in [5.74, 6) is 0.394. The van der Waals surface area contributed by atoms with Crippen LogP contribution in [0.25, 0.3) is 5.69 Å². The molecule has 0 aliphatic rings. The van der Waals surface area contributed by atoms with Gasteiger partial charge in [-0.25, -0.2) is 10.2 Å². The molecular weight excluding hydrogens is 534 g/mol. The van der Waals surface area contributed by atoms with Gasteiger partial charge in [-0.05, 0) is 97.8 Å². The largest absolute Gasteiger partial charge is 0.489 e. The topological polar surface area (TPSA) is 115 Å². The summed E-state index contributed by atoms with van der Waals surface area (Å²) in [5, 5.41) is 13.2. The Morgan fingerprint density at radius 1 is 0.857 bits per heavy atom. The summed E-state index contributed by atoms with van der Waals surface area (Å²) in [4.78, 5) is 23.7. The Morgan fingerprint density at radius 2 is 1.60 bits per heavy atom. The first-order chi connectivity index (χ1) is 20.4. The van der Waals surface area contributed by atoms with E-state index in [1.165, 1.54) is 12.3 Å². The molecule has 0 spiro atoms. The molecule has 5 aromatic rings. The van der Waals surface area contributed by atoms with Crippen molar-refractivity contribution < 1.29 is 28.6 Å². The standard InChI is InChI=1S/C33H29N3O6/c1-22-9-10-23(2)36(22)27-11-13-28(14-12-27)41-21-30-15-16-31(42-30)32(37)35-34-19-24-5-4-8-29(18-24)40-20-25-6-3-7-26(17-25)33(38)39/h3-19H,20-21H2,1-2H3,(H,35,37)(H,38,39)/b34-19+. The molecular formula is C33H29N3O6. The molecule has 0 atom stereocenters. The molecule has 1 amide bonds. The maximum atomic E-state index is 12.5. The van der Waals surface area contributed by atoms with Gasteiger partial charge in [0.2, 0.25) is 0 Å². The van der Waals surface area contributed by atoms with Crippen LogP contribution in [0.3, 0.4) is 0 Å². The SMILES string of the molecule is Cc1ccc(C)n1-c1ccc(OCc2ccc(C(=O)N/N=C/c3cccc(OCc4cccc(C(=O)O)c4)c3)o2)cc1. The second kappa shape index (κ2) is 12.7. The fourth-order valence-electron chi connectivity index (χ4n) is 4.37. The van der Waals surface area contributed by atoms with Crippen molar-refractivity contribution in [2.45, 2.75) is 27.1 Å². The van der Waals surface area contributed by atoms with Gasteiger partial charge in [-0.1, -0.05) is 24.3 Å². The van der Waals surface area contributed by atoms with Crippen LogP contribution in [-0.2, 0) is 13.2 Å². The summed E-state index contributed by atoms with van der Waals surface area (Å²) in [6.45, 7) is 4.51. The number of carboxylic acids is 1. The van der Waals surface area contributed by atoms with Crippen LogP contribution in [0.15, 0.2) is 107 Å². The number of aromatic nitrogens is 1. The Morgan fingerprint density at radius 3 is 2.36 bits per heavy atom. The number of aryl methyl sites for hydroxylation is 2. The minimum Gasteiger partial charge on any atom is -0.489 e. The highest BCUT2D eigenvalue weighted by molar-refractivity contribution is 5.92. The zero-order valence-electron chi connectivity index (χ0n) is 23.1. The predicted molar refractivity (Wildman–Crippen MR) is 158 cm³/mol. The lowest BCUT2D eigenvalue weighted by atomic mass is 10.1. The van der Waals surface area contributed by atoms with Crippen LogP contribution in [0.5, 0.6) is 11.5 Å². The van der Waals surface area contributed by atoms with E-state index in [2.05, 4.69) is 41.1 Å². The smallest absolute Gasteiger partial charge is 0.335 e. The lowest BCUT2D eigenvalue weighted by Crippen LogP contribution is -2.16. The molecule has 2 heterocycles. The lowest BCUT2D eigenvalue weighted by molar-refractivity contribution is 0.0696. The van der Waals surface area contributed by atoms with Gasteiger partial charge in [-0.2, -0.15) is 5.10 Å². The number of aromatic carboxylic acids is 1. The normalized spacial score (nSPS) is 11.0. The van der Waals surface area contributed by atoms with Crippen LogP contribution in [0, 0.1) is 13.8 Å². The van der Waals surface area contributed by atoms with Gasteiger partial charge < -0.3 is 23.6 Å². The Hall–Kier alpha value is -5.57. The van der Waals surface area contributed by atoms with Gasteiger partial charge >= 0.3 is 11.9 Å². The summed E-state index contributed by atoms with van der Waals surface area (Å²) in [6.07, 6.45) is 1.49. The number of hydrogen-bond donors (Lipinski definition) is 2. The molecule has 0 saturated carbocycles. The number of nitrogens with one attached hydrogen (secondary N) is 1. The Bertz CT molecular complexity index is 1710. The third-order valence-corrected chi connectivity index (χ3v) is 6.45. The van der Waals surface area contributed by atoms with E-state index in [1.807, 2.05) is 30.3 Å². The van der Waals surface area contributed by atoms with Crippen LogP contribution < -0.4 is 14.9 Å². The van der Waals surface area contributed by atoms with Crippen molar-refractivity contribution >= 4 is 18.1 Å². The van der Waals surface area contributed by atoms with Gasteiger partial charge in [0.15, 0.2) is 5.76 Å². The first-order valence-electron chi connectivity index (χ1n) is 13.2. The van der Waals surface area contributed by atoms with Gasteiger partial charge in [-0.15, -0.1) is 0 Å². The molecule has 0 saturated heterocycles. The summed E-state index contributed by atoms with van der Waals surface area (Å²) in [5.41, 5.74) is 7.47. The number of benzene rings is 3. The second-order valence-corrected chi connectivity index (χ2v) is 9.57. The van der Waals surface area contributed by atoms with Crippen LogP contribution in [-0.4, -0.2) is 27.8 Å². The third kappa shape index (κ3) is 6.95. The van der Waals surface area contributed by atoms with Crippen LogP contribution in [0.2, 0.25) is 0 Å². The van der Waals surface area contributed by atoms with Crippen molar-refractivity contribution in [3.05, 3.63) is 137 Å². The molecule has 212 valence electrons. The van der Waals surface area contributed by atoms with E-state index in [0.29, 0.717) is 22.8 Å². The average Bonchev–Trinajstić information content (AvgIpc) is 3.61. The monoisotopic (exact) mass is 563 g/mol. The number of ether oxygens (including phenoxy) is 2. The van der Waals surface area contributed by atoms with Crippen molar-refractivity contribution in [1.82, 2.24) is 9.99 Å². The minimum atomic E-state index is -0.990. The summed E-state index contributed by atoms with van der Waals surface area (Å²) < 4.78 is 19.4. The molecule has 5 rings (SSSR count).